The molecular weight excluding hydrogens is 410 g/mol. The number of fused-ring (bicyclic) bond motifs is 4. The molecule has 2 aromatic heterocycles. The van der Waals surface area contributed by atoms with Crippen LogP contribution in [0.2, 0.25) is 0 Å². The van der Waals surface area contributed by atoms with Crippen molar-refractivity contribution in [2.75, 3.05) is 31.0 Å². The Bertz CT molecular complexity index is 1040. The molecule has 1 unspecified atom stereocenters. The smallest absolute Gasteiger partial charge is 0.275 e. The van der Waals surface area contributed by atoms with Crippen LogP contribution in [0.1, 0.15) is 30.9 Å². The largest absolute Gasteiger partial charge is 0.381 e. The van der Waals surface area contributed by atoms with E-state index >= 15 is 0 Å². The van der Waals surface area contributed by atoms with Crippen LogP contribution in [0, 0.1) is 5.92 Å². The second kappa shape index (κ2) is 7.54. The maximum Gasteiger partial charge on any atom is 0.275 e. The third-order valence-electron chi connectivity index (χ3n) is 6.55. The van der Waals surface area contributed by atoms with Gasteiger partial charge >= 0.3 is 0 Å². The van der Waals surface area contributed by atoms with Gasteiger partial charge in [0.15, 0.2) is 0 Å². The molecular formula is C20H26N3O4S2+. The number of likely N-dealkylation sites (tertiary alicyclic amines) is 1. The van der Waals surface area contributed by atoms with E-state index < -0.39 is 10.0 Å². The van der Waals surface area contributed by atoms with Gasteiger partial charge < -0.3 is 14.2 Å². The van der Waals surface area contributed by atoms with Gasteiger partial charge in [-0.3, -0.25) is 9.52 Å². The number of thiophene rings is 1. The van der Waals surface area contributed by atoms with E-state index in [9.17, 15) is 13.2 Å². The highest BCUT2D eigenvalue weighted by atomic mass is 32.2. The van der Waals surface area contributed by atoms with Gasteiger partial charge in [0.1, 0.15) is 9.90 Å². The maximum atomic E-state index is 13.1. The second-order valence-corrected chi connectivity index (χ2v) is 11.2. The average Bonchev–Trinajstić information content (AvgIpc) is 3.27. The van der Waals surface area contributed by atoms with E-state index in [2.05, 4.69) is 4.72 Å². The van der Waals surface area contributed by atoms with Gasteiger partial charge in [0, 0.05) is 36.9 Å². The van der Waals surface area contributed by atoms with Gasteiger partial charge in [0.2, 0.25) is 0 Å². The van der Waals surface area contributed by atoms with Crippen LogP contribution in [0.5, 0.6) is 0 Å². The fourth-order valence-electron chi connectivity index (χ4n) is 5.23. The Kier molecular flexibility index (Phi) is 5.01. The molecule has 5 rings (SSSR count). The van der Waals surface area contributed by atoms with Crippen LogP contribution in [-0.2, 0) is 21.3 Å². The predicted octanol–water partition coefficient (Wildman–Crippen LogP) is 0.892. The van der Waals surface area contributed by atoms with E-state index in [-0.39, 0.29) is 15.5 Å². The van der Waals surface area contributed by atoms with Crippen molar-refractivity contribution in [2.45, 2.75) is 42.0 Å². The van der Waals surface area contributed by atoms with Gasteiger partial charge in [-0.1, -0.05) is 6.07 Å². The summed E-state index contributed by atoms with van der Waals surface area (Å²) in [7, 11) is -3.72. The SMILES string of the molecule is O=c1c(NS(=O)(=O)c2cccs2)ccc2n1C[C@H]1C[C@@H]2C[NH+](C2CCOCC2)C1. The molecule has 0 aliphatic carbocycles. The molecule has 0 spiro atoms. The lowest BCUT2D eigenvalue weighted by atomic mass is 9.82. The highest BCUT2D eigenvalue weighted by molar-refractivity contribution is 7.94. The first-order chi connectivity index (χ1) is 14.0. The van der Waals surface area contributed by atoms with Crippen molar-refractivity contribution in [3.05, 3.63) is 45.7 Å². The summed E-state index contributed by atoms with van der Waals surface area (Å²) < 4.78 is 35.1. The van der Waals surface area contributed by atoms with E-state index in [0.29, 0.717) is 24.4 Å². The number of rotatable bonds is 4. The molecule has 2 fully saturated rings. The molecule has 3 atom stereocenters. The molecule has 2 saturated heterocycles. The second-order valence-electron chi connectivity index (χ2n) is 8.38. The summed E-state index contributed by atoms with van der Waals surface area (Å²) in [6.07, 6.45) is 3.35. The quantitative estimate of drug-likeness (QED) is 0.746. The third kappa shape index (κ3) is 3.65. The zero-order valence-electron chi connectivity index (χ0n) is 16.2. The van der Waals surface area contributed by atoms with Crippen LogP contribution in [0.15, 0.2) is 38.6 Å². The average molecular weight is 437 g/mol. The predicted molar refractivity (Wildman–Crippen MR) is 111 cm³/mol. The number of nitrogens with one attached hydrogen (secondary N) is 2. The molecule has 3 aliphatic rings. The van der Waals surface area contributed by atoms with Crippen LogP contribution >= 0.6 is 11.3 Å². The summed E-state index contributed by atoms with van der Waals surface area (Å²) >= 11 is 1.14. The van der Waals surface area contributed by atoms with Gasteiger partial charge in [-0.25, -0.2) is 8.42 Å². The zero-order chi connectivity index (χ0) is 20.0. The Morgan fingerprint density at radius 3 is 2.76 bits per heavy atom. The van der Waals surface area contributed by atoms with Crippen LogP contribution in [0.3, 0.4) is 0 Å². The Hall–Kier alpha value is -1.68. The van der Waals surface area contributed by atoms with Crippen molar-refractivity contribution < 1.29 is 18.1 Å². The van der Waals surface area contributed by atoms with Gasteiger partial charge in [-0.05, 0) is 30.0 Å². The number of aromatic nitrogens is 1. The standard InChI is InChI=1S/C20H25N3O4S2/c24-20-17(21-29(25,26)19-2-1-9-28-19)3-4-18-15-10-14(12-23(18)20)11-22(13-15)16-5-7-27-8-6-16/h1-4,9,14-16,21H,5-8,10-13H2/p+1/t14-,15+/m0/s1. The zero-order valence-corrected chi connectivity index (χ0v) is 17.8. The van der Waals surface area contributed by atoms with E-state index in [1.807, 2.05) is 10.6 Å². The highest BCUT2D eigenvalue weighted by Gasteiger charge is 2.40. The molecule has 3 aliphatic heterocycles. The topological polar surface area (TPSA) is 81.8 Å². The van der Waals surface area contributed by atoms with E-state index in [0.717, 1.165) is 62.6 Å². The lowest BCUT2D eigenvalue weighted by Crippen LogP contribution is -3.18. The minimum Gasteiger partial charge on any atom is -0.381 e. The van der Waals surface area contributed by atoms with Crippen LogP contribution in [0.4, 0.5) is 5.69 Å². The summed E-state index contributed by atoms with van der Waals surface area (Å²) in [5.74, 6) is 0.817. The number of piperidine rings is 1. The lowest BCUT2D eigenvalue weighted by Gasteiger charge is -2.44. The summed E-state index contributed by atoms with van der Waals surface area (Å²) in [5, 5.41) is 1.71. The number of hydrogen-bond donors (Lipinski definition) is 2. The van der Waals surface area contributed by atoms with Gasteiger partial charge in [0.25, 0.3) is 15.6 Å². The minimum atomic E-state index is -3.72. The number of sulfonamides is 1. The Morgan fingerprint density at radius 2 is 2.00 bits per heavy atom. The molecule has 0 aromatic carbocycles. The summed E-state index contributed by atoms with van der Waals surface area (Å²) in [6, 6.07) is 7.47. The molecule has 0 radical (unpaired) electrons. The van der Waals surface area contributed by atoms with E-state index in [1.54, 1.807) is 28.5 Å². The van der Waals surface area contributed by atoms with Crippen molar-refractivity contribution in [1.82, 2.24) is 4.57 Å². The van der Waals surface area contributed by atoms with Crippen molar-refractivity contribution in [3.8, 4) is 0 Å². The molecule has 2 N–H and O–H groups in total. The molecule has 0 saturated carbocycles. The van der Waals surface area contributed by atoms with Crippen LogP contribution in [-0.4, -0.2) is 45.3 Å². The molecule has 9 heteroatoms. The molecule has 2 bridgehead atoms. The van der Waals surface area contributed by atoms with Gasteiger partial charge in [0.05, 0.1) is 32.3 Å². The molecule has 0 amide bonds. The first kappa shape index (κ1) is 19.3. The van der Waals surface area contributed by atoms with Crippen molar-refractivity contribution >= 4 is 27.0 Å². The van der Waals surface area contributed by atoms with Gasteiger partial charge in [-0.2, -0.15) is 0 Å². The number of hydrogen-bond acceptors (Lipinski definition) is 5. The van der Waals surface area contributed by atoms with Gasteiger partial charge in [-0.15, -0.1) is 11.3 Å². The molecule has 5 heterocycles. The van der Waals surface area contributed by atoms with Crippen LogP contribution < -0.4 is 15.2 Å². The summed E-state index contributed by atoms with van der Waals surface area (Å²) in [4.78, 5) is 14.7. The summed E-state index contributed by atoms with van der Waals surface area (Å²) in [6.45, 7) is 4.51. The Balaban J connectivity index is 1.41. The number of quaternary nitrogens is 1. The van der Waals surface area contributed by atoms with E-state index in [1.165, 1.54) is 0 Å². The Labute approximate surface area is 174 Å². The number of nitrogens with zero attached hydrogens (tertiary/aromatic N) is 1. The first-order valence-electron chi connectivity index (χ1n) is 10.2. The molecule has 7 nitrogen and oxygen atoms in total. The normalized spacial score (nSPS) is 27.4. The third-order valence-corrected chi connectivity index (χ3v) is 9.31. The molecule has 156 valence electrons. The molecule has 29 heavy (non-hydrogen) atoms. The highest BCUT2D eigenvalue weighted by Crippen LogP contribution is 2.31. The number of pyridine rings is 1. The van der Waals surface area contributed by atoms with Crippen LogP contribution in [0.25, 0.3) is 0 Å². The fourth-order valence-corrected chi connectivity index (χ4v) is 7.28. The number of anilines is 1. The molecule has 2 aromatic rings. The number of ether oxygens (including phenoxy) is 1. The Morgan fingerprint density at radius 1 is 1.17 bits per heavy atom. The fraction of sp³-hybridized carbons (Fsp3) is 0.550. The van der Waals surface area contributed by atoms with Crippen molar-refractivity contribution in [1.29, 1.82) is 0 Å². The van der Waals surface area contributed by atoms with E-state index in [4.69, 9.17) is 4.74 Å². The maximum absolute atomic E-state index is 13.1. The van der Waals surface area contributed by atoms with Crippen molar-refractivity contribution in [3.63, 3.8) is 0 Å². The first-order valence-corrected chi connectivity index (χ1v) is 12.6. The van der Waals surface area contributed by atoms with Crippen molar-refractivity contribution in [2.24, 2.45) is 5.92 Å². The minimum absolute atomic E-state index is 0.135. The monoisotopic (exact) mass is 436 g/mol. The summed E-state index contributed by atoms with van der Waals surface area (Å²) in [5.41, 5.74) is 0.956. The lowest BCUT2D eigenvalue weighted by molar-refractivity contribution is -0.937.